The van der Waals surface area contributed by atoms with Crippen LogP contribution in [0.1, 0.15) is 12.6 Å². The molecule has 0 aromatic heterocycles. The van der Waals surface area contributed by atoms with Crippen LogP contribution < -0.4 is 50.0 Å². The molecule has 4 aromatic rings. The average Bonchev–Trinajstić information content (AvgIpc) is 3.03. The molecule has 2 aliphatic heterocycles. The molecule has 0 atom stereocenters. The maximum absolute atomic E-state index is 5.64. The summed E-state index contributed by atoms with van der Waals surface area (Å²) in [4.78, 5) is 4.82. The number of rotatable bonds is 8. The van der Waals surface area contributed by atoms with Crippen molar-refractivity contribution >= 4 is 46.3 Å². The molecule has 2 heterocycles. The minimum atomic E-state index is 0. The number of hydrogen-bond acceptors (Lipinski definition) is 6. The minimum absolute atomic E-state index is 0. The molecule has 2 N–H and O–H groups in total. The van der Waals surface area contributed by atoms with E-state index >= 15 is 0 Å². The predicted octanol–water partition coefficient (Wildman–Crippen LogP) is 4.13. The van der Waals surface area contributed by atoms with Crippen molar-refractivity contribution in [2.45, 2.75) is 0 Å². The number of hydrogen-bond donors (Lipinski definition) is 2. The molecule has 0 saturated carbocycles. The summed E-state index contributed by atoms with van der Waals surface area (Å²) in [6.07, 6.45) is 4.45. The molecule has 0 aliphatic carbocycles. The van der Waals surface area contributed by atoms with E-state index in [0.29, 0.717) is 0 Å². The standard InChI is InChI=1S/C34H36N4O2.Na.H/c1-3-11-29(12-4-1)35-33-27(9-7-15-31(33)37-19-23-39-24-20-37)17-18-28-10-8-16-32(38-21-25-40-26-22-38)34(28)36-30-13-5-2-6-14-30;;/h1-18,35-36H,19-26H2;;/q;+1;-1/b18-17+;;. The molecule has 0 spiro atoms. The molecule has 7 heteroatoms. The summed E-state index contributed by atoms with van der Waals surface area (Å²) in [7, 11) is 0. The van der Waals surface area contributed by atoms with Crippen LogP contribution in [0.15, 0.2) is 97.1 Å². The van der Waals surface area contributed by atoms with Crippen molar-refractivity contribution in [3.05, 3.63) is 108 Å². The van der Waals surface area contributed by atoms with Gasteiger partial charge in [0, 0.05) is 48.7 Å². The first-order valence-electron chi connectivity index (χ1n) is 14.1. The number of anilines is 6. The fourth-order valence-electron chi connectivity index (χ4n) is 5.31. The number of nitrogens with zero attached hydrogens (tertiary/aromatic N) is 2. The van der Waals surface area contributed by atoms with E-state index in [4.69, 9.17) is 9.47 Å². The Kier molecular flexibility index (Phi) is 10.4. The second-order valence-corrected chi connectivity index (χ2v) is 10.00. The normalized spacial score (nSPS) is 15.4. The second-order valence-electron chi connectivity index (χ2n) is 10.00. The smallest absolute Gasteiger partial charge is 1.00 e. The zero-order chi connectivity index (χ0) is 27.0. The summed E-state index contributed by atoms with van der Waals surface area (Å²) in [6, 6.07) is 33.8. The molecule has 2 aliphatic rings. The monoisotopic (exact) mass is 556 g/mol. The summed E-state index contributed by atoms with van der Waals surface area (Å²) in [5.74, 6) is 0. The van der Waals surface area contributed by atoms with Crippen LogP contribution in [0.25, 0.3) is 12.2 Å². The number of benzene rings is 4. The summed E-state index contributed by atoms with van der Waals surface area (Å²) >= 11 is 0. The van der Waals surface area contributed by atoms with Crippen LogP contribution in [-0.2, 0) is 9.47 Å². The van der Waals surface area contributed by atoms with Crippen molar-refractivity contribution in [3.63, 3.8) is 0 Å². The Morgan fingerprint density at radius 2 is 0.902 bits per heavy atom. The number of nitrogens with one attached hydrogen (secondary N) is 2. The predicted molar refractivity (Wildman–Crippen MR) is 168 cm³/mol. The van der Waals surface area contributed by atoms with Crippen LogP contribution in [0.4, 0.5) is 34.1 Å². The average molecular weight is 557 g/mol. The van der Waals surface area contributed by atoms with Crippen molar-refractivity contribution in [1.29, 1.82) is 0 Å². The molecular weight excluding hydrogens is 519 g/mol. The zero-order valence-corrected chi connectivity index (χ0v) is 25.8. The van der Waals surface area contributed by atoms with E-state index < -0.39 is 0 Å². The van der Waals surface area contributed by atoms with Gasteiger partial charge in [-0.2, -0.15) is 0 Å². The largest absolute Gasteiger partial charge is 1.00 e. The molecule has 0 bridgehead atoms. The van der Waals surface area contributed by atoms with Crippen LogP contribution in [0.2, 0.25) is 0 Å². The Labute approximate surface area is 266 Å². The fraction of sp³-hybridized carbons (Fsp3) is 0.235. The van der Waals surface area contributed by atoms with Gasteiger partial charge in [-0.1, -0.05) is 72.8 Å². The van der Waals surface area contributed by atoms with Gasteiger partial charge in [0.05, 0.1) is 49.2 Å². The zero-order valence-electron chi connectivity index (χ0n) is 24.8. The molecule has 206 valence electrons. The minimum Gasteiger partial charge on any atom is -1.00 e. The van der Waals surface area contributed by atoms with Crippen molar-refractivity contribution in [3.8, 4) is 0 Å². The number of para-hydroxylation sites is 4. The van der Waals surface area contributed by atoms with Crippen LogP contribution in [-0.4, -0.2) is 52.6 Å². The third kappa shape index (κ3) is 7.34. The first kappa shape index (κ1) is 29.2. The topological polar surface area (TPSA) is 49.0 Å². The third-order valence-corrected chi connectivity index (χ3v) is 7.38. The van der Waals surface area contributed by atoms with Crippen molar-refractivity contribution < 1.29 is 40.5 Å². The van der Waals surface area contributed by atoms with E-state index in [1.165, 1.54) is 11.4 Å². The number of morpholine rings is 2. The Balaban J connectivity index is 0.00000202. The molecule has 0 amide bonds. The van der Waals surface area contributed by atoms with E-state index in [9.17, 15) is 0 Å². The Bertz CT molecular complexity index is 1320. The van der Waals surface area contributed by atoms with Gasteiger partial charge in [-0.05, 0) is 36.4 Å². The fourth-order valence-corrected chi connectivity index (χ4v) is 5.31. The molecule has 0 radical (unpaired) electrons. The van der Waals surface area contributed by atoms with Gasteiger partial charge in [0.1, 0.15) is 0 Å². The van der Waals surface area contributed by atoms with Gasteiger partial charge < -0.3 is 31.3 Å². The van der Waals surface area contributed by atoms with Gasteiger partial charge >= 0.3 is 29.6 Å². The van der Waals surface area contributed by atoms with Crippen LogP contribution in [0.5, 0.6) is 0 Å². The van der Waals surface area contributed by atoms with E-state index in [1.54, 1.807) is 0 Å². The molecule has 2 saturated heterocycles. The van der Waals surface area contributed by atoms with Crippen molar-refractivity contribution in [1.82, 2.24) is 0 Å². The molecule has 2 fully saturated rings. The Morgan fingerprint density at radius 3 is 1.29 bits per heavy atom. The van der Waals surface area contributed by atoms with E-state index in [0.717, 1.165) is 86.5 Å². The van der Waals surface area contributed by atoms with Crippen LogP contribution in [0.3, 0.4) is 0 Å². The summed E-state index contributed by atoms with van der Waals surface area (Å²) in [5.41, 5.74) is 9.00. The first-order chi connectivity index (χ1) is 19.8. The third-order valence-electron chi connectivity index (χ3n) is 7.38. The molecule has 4 aromatic carbocycles. The van der Waals surface area contributed by atoms with E-state index in [2.05, 4.69) is 118 Å². The molecule has 6 rings (SSSR count). The number of ether oxygens (including phenoxy) is 2. The maximum atomic E-state index is 5.64. The molecule has 0 unspecified atom stereocenters. The molecular formula is C34H37N4NaO2. The van der Waals surface area contributed by atoms with Gasteiger partial charge in [-0.25, -0.2) is 0 Å². The molecule has 41 heavy (non-hydrogen) atoms. The SMILES string of the molecule is C(=C\c1cccc(N2CCOCC2)c1Nc1ccccc1)/c1cccc(N2CCOCC2)c1Nc1ccccc1.[H-].[Na+]. The van der Waals surface area contributed by atoms with Gasteiger partial charge in [0.2, 0.25) is 0 Å². The van der Waals surface area contributed by atoms with E-state index in [1.807, 2.05) is 12.1 Å². The Hall–Kier alpha value is -3.26. The quantitative estimate of drug-likeness (QED) is 0.252. The summed E-state index contributed by atoms with van der Waals surface area (Å²) in [5, 5.41) is 7.44. The van der Waals surface area contributed by atoms with Gasteiger partial charge in [-0.3, -0.25) is 0 Å². The Morgan fingerprint density at radius 1 is 0.512 bits per heavy atom. The van der Waals surface area contributed by atoms with Crippen molar-refractivity contribution in [2.24, 2.45) is 0 Å². The van der Waals surface area contributed by atoms with Gasteiger partial charge in [0.25, 0.3) is 0 Å². The summed E-state index contributed by atoms with van der Waals surface area (Å²) in [6.45, 7) is 6.49. The second kappa shape index (κ2) is 14.6. The van der Waals surface area contributed by atoms with Crippen LogP contribution >= 0.6 is 0 Å². The van der Waals surface area contributed by atoms with Crippen molar-refractivity contribution in [2.75, 3.05) is 73.0 Å². The molecule has 6 nitrogen and oxygen atoms in total. The van der Waals surface area contributed by atoms with E-state index in [-0.39, 0.29) is 31.0 Å². The van der Waals surface area contributed by atoms with Crippen LogP contribution in [0, 0.1) is 0 Å². The van der Waals surface area contributed by atoms with Gasteiger partial charge in [-0.15, -0.1) is 0 Å². The maximum Gasteiger partial charge on any atom is 1.00 e. The van der Waals surface area contributed by atoms with Gasteiger partial charge in [0.15, 0.2) is 0 Å². The summed E-state index contributed by atoms with van der Waals surface area (Å²) < 4.78 is 11.3. The first-order valence-corrected chi connectivity index (χ1v) is 14.1.